The average Bonchev–Trinajstić information content (AvgIpc) is 2.72. The molecule has 1 fully saturated rings. The molecule has 1 N–H and O–H groups in total. The number of imidazole rings is 1. The average molecular weight is 219 g/mol. The number of rotatable bonds is 1. The van der Waals surface area contributed by atoms with Gasteiger partial charge in [0.1, 0.15) is 0 Å². The molecule has 0 bridgehead atoms. The Morgan fingerprint density at radius 2 is 2.06 bits per heavy atom. The maximum atomic E-state index is 4.43. The lowest BCUT2D eigenvalue weighted by Crippen LogP contribution is -2.35. The summed E-state index contributed by atoms with van der Waals surface area (Å²) in [5.74, 6) is 1.83. The fraction of sp³-hybridized carbons (Fsp3) is 0.769. The highest BCUT2D eigenvalue weighted by Gasteiger charge is 2.27. The van der Waals surface area contributed by atoms with E-state index in [4.69, 9.17) is 0 Å². The van der Waals surface area contributed by atoms with Crippen molar-refractivity contribution in [2.45, 2.75) is 39.2 Å². The van der Waals surface area contributed by atoms with Crippen LogP contribution in [0.5, 0.6) is 0 Å². The third-order valence-corrected chi connectivity index (χ3v) is 4.39. The zero-order valence-electron chi connectivity index (χ0n) is 10.1. The second-order valence-electron chi connectivity index (χ2n) is 5.32. The Labute approximate surface area is 97.3 Å². The molecule has 0 aliphatic carbocycles. The van der Waals surface area contributed by atoms with Crippen molar-refractivity contribution in [3.63, 3.8) is 0 Å². The summed E-state index contributed by atoms with van der Waals surface area (Å²) in [5, 5.41) is 3.46. The van der Waals surface area contributed by atoms with Crippen LogP contribution >= 0.6 is 0 Å². The van der Waals surface area contributed by atoms with Gasteiger partial charge in [-0.2, -0.15) is 0 Å². The van der Waals surface area contributed by atoms with E-state index in [0.29, 0.717) is 0 Å². The Bertz CT molecular complexity index is 363. The minimum absolute atomic E-state index is 0.892. The quantitative estimate of drug-likeness (QED) is 0.780. The molecule has 3 heteroatoms. The Balaban J connectivity index is 1.72. The van der Waals surface area contributed by atoms with Gasteiger partial charge in [0.2, 0.25) is 0 Å². The van der Waals surface area contributed by atoms with Gasteiger partial charge < -0.3 is 9.88 Å². The van der Waals surface area contributed by atoms with Crippen LogP contribution < -0.4 is 5.32 Å². The van der Waals surface area contributed by atoms with Gasteiger partial charge in [-0.15, -0.1) is 0 Å². The topological polar surface area (TPSA) is 29.9 Å². The van der Waals surface area contributed by atoms with Crippen LogP contribution in [0.4, 0.5) is 0 Å². The summed E-state index contributed by atoms with van der Waals surface area (Å²) < 4.78 is 2.39. The molecule has 2 aliphatic heterocycles. The smallest absolute Gasteiger partial charge is 0.0951 e. The highest BCUT2D eigenvalue weighted by molar-refractivity contribution is 5.13. The lowest BCUT2D eigenvalue weighted by atomic mass is 9.80. The number of fused-ring (bicyclic) bond motifs is 1. The first kappa shape index (κ1) is 10.3. The van der Waals surface area contributed by atoms with Crippen LogP contribution in [0.3, 0.4) is 0 Å². The number of piperidine rings is 1. The molecule has 3 nitrogen and oxygen atoms in total. The summed E-state index contributed by atoms with van der Waals surface area (Å²) in [6.07, 6.45) is 7.39. The fourth-order valence-electron chi connectivity index (χ4n) is 3.36. The van der Waals surface area contributed by atoms with Gasteiger partial charge in [0.25, 0.3) is 0 Å². The monoisotopic (exact) mass is 219 g/mol. The van der Waals surface area contributed by atoms with Gasteiger partial charge >= 0.3 is 0 Å². The van der Waals surface area contributed by atoms with Crippen molar-refractivity contribution < 1.29 is 0 Å². The molecule has 1 unspecified atom stereocenters. The summed E-state index contributed by atoms with van der Waals surface area (Å²) in [4.78, 5) is 4.43. The van der Waals surface area contributed by atoms with E-state index >= 15 is 0 Å². The molecular weight excluding hydrogens is 198 g/mol. The van der Waals surface area contributed by atoms with E-state index in [1.54, 1.807) is 0 Å². The number of aryl methyl sites for hydroxylation is 1. The first-order chi connectivity index (χ1) is 7.84. The molecule has 3 rings (SSSR count). The Morgan fingerprint density at radius 1 is 1.25 bits per heavy atom. The minimum Gasteiger partial charge on any atom is -0.334 e. The first-order valence-corrected chi connectivity index (χ1v) is 6.56. The van der Waals surface area contributed by atoms with E-state index < -0.39 is 0 Å². The van der Waals surface area contributed by atoms with Gasteiger partial charge in [0, 0.05) is 12.2 Å². The zero-order valence-corrected chi connectivity index (χ0v) is 10.1. The van der Waals surface area contributed by atoms with Crippen LogP contribution in [-0.2, 0) is 13.0 Å². The molecule has 1 aromatic heterocycles. The molecule has 3 heterocycles. The molecule has 16 heavy (non-hydrogen) atoms. The second-order valence-corrected chi connectivity index (χ2v) is 5.32. The molecule has 0 amide bonds. The standard InChI is InChI=1S/C13H21N3/c1-10-13-3-2-12(8-16(13)9-15-10)11-4-6-14-7-5-11/h9,11-12,14H,2-8H2,1H3. The SMILES string of the molecule is Cc1ncn2c1CCC(C1CCNCC1)C2. The fourth-order valence-corrected chi connectivity index (χ4v) is 3.36. The van der Waals surface area contributed by atoms with Crippen molar-refractivity contribution >= 4 is 0 Å². The largest absolute Gasteiger partial charge is 0.334 e. The van der Waals surface area contributed by atoms with Crippen molar-refractivity contribution in [2.75, 3.05) is 13.1 Å². The predicted octanol–water partition coefficient (Wildman–Crippen LogP) is 1.75. The third-order valence-electron chi connectivity index (χ3n) is 4.39. The Kier molecular flexibility index (Phi) is 2.72. The summed E-state index contributed by atoms with van der Waals surface area (Å²) >= 11 is 0. The molecule has 1 aromatic rings. The molecule has 0 saturated carbocycles. The molecule has 0 radical (unpaired) electrons. The van der Waals surface area contributed by atoms with Gasteiger partial charge in [-0.1, -0.05) is 0 Å². The Morgan fingerprint density at radius 3 is 2.88 bits per heavy atom. The highest BCUT2D eigenvalue weighted by atomic mass is 15.1. The van der Waals surface area contributed by atoms with Gasteiger partial charge in [0.05, 0.1) is 12.0 Å². The molecule has 2 aliphatic rings. The lowest BCUT2D eigenvalue weighted by Gasteiger charge is -2.34. The van der Waals surface area contributed by atoms with Gasteiger partial charge in [-0.05, 0) is 57.5 Å². The van der Waals surface area contributed by atoms with Crippen LogP contribution in [0, 0.1) is 18.8 Å². The van der Waals surface area contributed by atoms with E-state index in [0.717, 1.165) is 11.8 Å². The summed E-state index contributed by atoms with van der Waals surface area (Å²) in [5.41, 5.74) is 2.72. The first-order valence-electron chi connectivity index (χ1n) is 6.56. The third kappa shape index (κ3) is 1.77. The molecular formula is C13H21N3. The molecule has 1 atom stereocenters. The summed E-state index contributed by atoms with van der Waals surface area (Å²) in [7, 11) is 0. The van der Waals surface area contributed by atoms with Gasteiger partial charge in [-0.25, -0.2) is 4.98 Å². The minimum atomic E-state index is 0.892. The maximum absolute atomic E-state index is 4.43. The molecule has 0 spiro atoms. The van der Waals surface area contributed by atoms with Crippen molar-refractivity contribution in [3.05, 3.63) is 17.7 Å². The number of nitrogens with zero attached hydrogens (tertiary/aromatic N) is 2. The summed E-state index contributed by atoms with van der Waals surface area (Å²) in [6.45, 7) is 5.78. The molecule has 0 aromatic carbocycles. The van der Waals surface area contributed by atoms with Gasteiger partial charge in [0.15, 0.2) is 0 Å². The maximum Gasteiger partial charge on any atom is 0.0951 e. The number of aromatic nitrogens is 2. The predicted molar refractivity (Wildman–Crippen MR) is 64.4 cm³/mol. The Hall–Kier alpha value is -0.830. The number of hydrogen-bond acceptors (Lipinski definition) is 2. The van der Waals surface area contributed by atoms with Crippen molar-refractivity contribution in [3.8, 4) is 0 Å². The van der Waals surface area contributed by atoms with E-state index in [1.165, 1.54) is 56.7 Å². The number of nitrogens with one attached hydrogen (secondary N) is 1. The second kappa shape index (κ2) is 4.21. The van der Waals surface area contributed by atoms with E-state index in [2.05, 4.69) is 21.8 Å². The number of hydrogen-bond donors (Lipinski definition) is 1. The van der Waals surface area contributed by atoms with E-state index in [1.807, 2.05) is 6.33 Å². The van der Waals surface area contributed by atoms with Gasteiger partial charge in [-0.3, -0.25) is 0 Å². The lowest BCUT2D eigenvalue weighted by molar-refractivity contribution is 0.206. The van der Waals surface area contributed by atoms with Crippen LogP contribution in [0.15, 0.2) is 6.33 Å². The van der Waals surface area contributed by atoms with E-state index in [9.17, 15) is 0 Å². The zero-order chi connectivity index (χ0) is 11.0. The van der Waals surface area contributed by atoms with Crippen molar-refractivity contribution in [2.24, 2.45) is 11.8 Å². The van der Waals surface area contributed by atoms with Crippen LogP contribution in [-0.4, -0.2) is 22.6 Å². The van der Waals surface area contributed by atoms with Crippen LogP contribution in [0.1, 0.15) is 30.7 Å². The van der Waals surface area contributed by atoms with Crippen LogP contribution in [0.2, 0.25) is 0 Å². The molecule has 88 valence electrons. The van der Waals surface area contributed by atoms with E-state index in [-0.39, 0.29) is 0 Å². The van der Waals surface area contributed by atoms with Crippen molar-refractivity contribution in [1.82, 2.24) is 14.9 Å². The normalized spacial score (nSPS) is 26.7. The highest BCUT2D eigenvalue weighted by Crippen LogP contribution is 2.31. The summed E-state index contributed by atoms with van der Waals surface area (Å²) in [6, 6.07) is 0. The van der Waals surface area contributed by atoms with Crippen LogP contribution in [0.25, 0.3) is 0 Å². The van der Waals surface area contributed by atoms with Crippen molar-refractivity contribution in [1.29, 1.82) is 0 Å². The molecule has 1 saturated heterocycles.